The van der Waals surface area contributed by atoms with E-state index < -0.39 is 6.85 Å². The van der Waals surface area contributed by atoms with Crippen LogP contribution in [0.25, 0.3) is 21.9 Å². The fraction of sp³-hybridized carbons (Fsp3) is 0.446. The minimum absolute atomic E-state index is 0.0313. The van der Waals surface area contributed by atoms with E-state index in [1.165, 1.54) is 49.9 Å². The molecule has 3 heterocycles. The molecule has 0 saturated carbocycles. The van der Waals surface area contributed by atoms with Crippen molar-refractivity contribution in [2.75, 3.05) is 9.80 Å². The summed E-state index contributed by atoms with van der Waals surface area (Å²) in [5, 5.41) is 2.21. The first-order valence-corrected chi connectivity index (χ1v) is 26.2. The Bertz CT molecular complexity index is 3480. The van der Waals surface area contributed by atoms with Gasteiger partial charge in [0.05, 0.1) is 5.69 Å². The molecule has 3 nitrogen and oxygen atoms in total. The maximum atomic E-state index is 9.30. The molecule has 12 rings (SSSR count). The van der Waals surface area contributed by atoms with Crippen molar-refractivity contribution < 1.29 is 8.53 Å². The van der Waals surface area contributed by atoms with Gasteiger partial charge in [0.25, 0.3) is 6.71 Å². The van der Waals surface area contributed by atoms with E-state index in [0.29, 0.717) is 5.56 Å². The van der Waals surface area contributed by atoms with Crippen LogP contribution in [0.5, 0.6) is 0 Å². The van der Waals surface area contributed by atoms with Gasteiger partial charge in [-0.05, 0) is 193 Å². The summed E-state index contributed by atoms with van der Waals surface area (Å²) in [4.78, 5) is 4.92. The fourth-order valence-electron chi connectivity index (χ4n) is 14.0. The number of benzene rings is 6. The Morgan fingerprint density at radius 3 is 1.51 bits per heavy atom. The van der Waals surface area contributed by atoms with E-state index in [-0.39, 0.29) is 44.6 Å². The van der Waals surface area contributed by atoms with Gasteiger partial charge in [-0.15, -0.1) is 0 Å². The average Bonchev–Trinajstić information content (AvgIpc) is 3.69. The summed E-state index contributed by atoms with van der Waals surface area (Å²) in [6.07, 6.45) is 6.62. The second kappa shape index (κ2) is 14.0. The zero-order valence-corrected chi connectivity index (χ0v) is 44.3. The van der Waals surface area contributed by atoms with Crippen LogP contribution in [0.3, 0.4) is 0 Å². The van der Waals surface area contributed by atoms with Crippen LogP contribution >= 0.6 is 0 Å². The van der Waals surface area contributed by atoms with Crippen molar-refractivity contribution in [3.8, 4) is 0 Å². The number of para-hydroxylation sites is 1. The normalized spacial score (nSPS) is 21.6. The van der Waals surface area contributed by atoms with Crippen molar-refractivity contribution in [2.24, 2.45) is 0 Å². The quantitative estimate of drug-likeness (QED) is 0.161. The smallest absolute Gasteiger partial charge is 0.252 e. The van der Waals surface area contributed by atoms with Gasteiger partial charge in [0.2, 0.25) is 0 Å². The standard InChI is InChI=1S/C65H75BN2O/c1-38-31-53-57-54(32-38)68(50-24-23-42(59(2,3)4)56-40-19-17-18-20-55(40)69-58(50)56)52-37-47-45(63(11,12)28-30-65(47,15)16)35-49(52)66(57)48-34-44-46(64(13,14)29-27-62(44,9)10)36-51(48)67(53)39-21-22-41-43(33-39)61(7,8)26-25-60(41,5)6/h17-24,31-37H,25-30H2,1-16H3/i1D3. The third-order valence-corrected chi connectivity index (χ3v) is 18.7. The van der Waals surface area contributed by atoms with E-state index in [4.69, 9.17) is 4.42 Å². The molecule has 0 N–H and O–H groups in total. The molecule has 0 fully saturated rings. The molecule has 354 valence electrons. The highest BCUT2D eigenvalue weighted by Gasteiger charge is 2.49. The van der Waals surface area contributed by atoms with E-state index in [1.807, 2.05) is 12.1 Å². The zero-order chi connectivity index (χ0) is 51.4. The SMILES string of the molecule is [2H]C([2H])([2H])c1cc2c3c(c1)N(c1ccc(C(C)(C)C)c4c1oc1ccccc14)c1cc4c(cc1B3c1cc3c(cc1N2c1ccc2c(c1)C(C)(C)CCC2(C)C)C(C)(C)CCC3(C)C)C(C)(C)CCC4(C)C. The molecule has 0 unspecified atom stereocenters. The van der Waals surface area contributed by atoms with E-state index in [9.17, 15) is 4.11 Å². The number of furan rings is 1. The molecule has 0 radical (unpaired) electrons. The number of aryl methyl sites for hydroxylation is 1. The molecule has 7 aromatic rings. The van der Waals surface area contributed by atoms with E-state index >= 15 is 0 Å². The van der Waals surface area contributed by atoms with Gasteiger partial charge in [-0.2, -0.15) is 0 Å². The van der Waals surface area contributed by atoms with E-state index in [0.717, 1.165) is 100 Å². The molecule has 3 aliphatic carbocycles. The Morgan fingerprint density at radius 1 is 0.493 bits per heavy atom. The molecular weight excluding hydrogens is 836 g/mol. The van der Waals surface area contributed by atoms with Gasteiger partial charge >= 0.3 is 0 Å². The van der Waals surface area contributed by atoms with Crippen LogP contribution in [-0.4, -0.2) is 6.71 Å². The summed E-state index contributed by atoms with van der Waals surface area (Å²) in [7, 11) is 0. The molecule has 0 amide bonds. The molecule has 5 aliphatic rings. The molecular formula is C65H75BN2O. The lowest BCUT2D eigenvalue weighted by atomic mass is 9.32. The van der Waals surface area contributed by atoms with Crippen LogP contribution in [0, 0.1) is 6.85 Å². The lowest BCUT2D eigenvalue weighted by Gasteiger charge is -2.49. The number of nitrogens with zero attached hydrogens (tertiary/aromatic N) is 2. The van der Waals surface area contributed by atoms with Gasteiger partial charge in [-0.1, -0.05) is 146 Å². The fourth-order valence-corrected chi connectivity index (χ4v) is 14.0. The minimum atomic E-state index is -2.39. The molecule has 6 aromatic carbocycles. The highest BCUT2D eigenvalue weighted by molar-refractivity contribution is 7.00. The number of fused-ring (bicyclic) bond motifs is 10. The molecule has 4 heteroatoms. The Hall–Kier alpha value is -5.22. The van der Waals surface area contributed by atoms with Gasteiger partial charge in [0.1, 0.15) is 5.58 Å². The van der Waals surface area contributed by atoms with Crippen LogP contribution in [0.2, 0.25) is 0 Å². The molecule has 1 aromatic heterocycles. The summed E-state index contributed by atoms with van der Waals surface area (Å²) >= 11 is 0. The van der Waals surface area contributed by atoms with Crippen LogP contribution in [0.1, 0.15) is 191 Å². The van der Waals surface area contributed by atoms with E-state index in [1.54, 1.807) is 0 Å². The summed E-state index contributed by atoms with van der Waals surface area (Å²) in [5.74, 6) is 0. The first kappa shape index (κ1) is 41.6. The zero-order valence-electron chi connectivity index (χ0n) is 47.3. The first-order chi connectivity index (χ1) is 33.4. The number of rotatable bonds is 2. The summed E-state index contributed by atoms with van der Waals surface area (Å²) in [5.41, 5.74) is 21.1. The van der Waals surface area contributed by atoms with Crippen LogP contribution in [-0.2, 0) is 37.9 Å². The number of anilines is 6. The van der Waals surface area contributed by atoms with Crippen molar-refractivity contribution in [1.82, 2.24) is 0 Å². The van der Waals surface area contributed by atoms with Crippen LogP contribution in [0.4, 0.5) is 34.1 Å². The largest absolute Gasteiger partial charge is 0.454 e. The van der Waals surface area contributed by atoms with Gasteiger partial charge in [0.15, 0.2) is 5.58 Å². The van der Waals surface area contributed by atoms with E-state index in [2.05, 4.69) is 193 Å². The van der Waals surface area contributed by atoms with Gasteiger partial charge in [-0.3, -0.25) is 0 Å². The number of hydrogen-bond donors (Lipinski definition) is 0. The Kier molecular flexibility index (Phi) is 8.44. The maximum Gasteiger partial charge on any atom is 0.252 e. The van der Waals surface area contributed by atoms with Crippen molar-refractivity contribution in [1.29, 1.82) is 0 Å². The molecule has 0 saturated heterocycles. The number of hydrogen-bond acceptors (Lipinski definition) is 3. The summed E-state index contributed by atoms with van der Waals surface area (Å²) in [6, 6.07) is 34.6. The van der Waals surface area contributed by atoms with Gasteiger partial charge < -0.3 is 14.2 Å². The Morgan fingerprint density at radius 2 is 0.971 bits per heavy atom. The molecule has 0 bridgehead atoms. The lowest BCUT2D eigenvalue weighted by Crippen LogP contribution is -2.62. The van der Waals surface area contributed by atoms with Gasteiger partial charge in [-0.25, -0.2) is 0 Å². The summed E-state index contributed by atoms with van der Waals surface area (Å²) in [6.45, 7) is 33.3. The monoisotopic (exact) mass is 914 g/mol. The predicted octanol–water partition coefficient (Wildman–Crippen LogP) is 16.3. The molecule has 2 aliphatic heterocycles. The average molecular weight is 914 g/mol. The topological polar surface area (TPSA) is 19.6 Å². The maximum absolute atomic E-state index is 9.30. The highest BCUT2D eigenvalue weighted by atomic mass is 16.3. The third-order valence-electron chi connectivity index (χ3n) is 18.7. The summed E-state index contributed by atoms with van der Waals surface area (Å²) < 4.78 is 35.1. The lowest BCUT2D eigenvalue weighted by molar-refractivity contribution is 0.332. The predicted molar refractivity (Wildman–Crippen MR) is 297 cm³/mol. The minimum Gasteiger partial charge on any atom is -0.454 e. The Labute approximate surface area is 418 Å². The first-order valence-electron chi connectivity index (χ1n) is 27.7. The third kappa shape index (κ3) is 6.37. The highest BCUT2D eigenvalue weighted by Crippen LogP contribution is 2.55. The molecule has 0 spiro atoms. The van der Waals surface area contributed by atoms with Crippen molar-refractivity contribution in [3.05, 3.63) is 136 Å². The van der Waals surface area contributed by atoms with Crippen molar-refractivity contribution in [3.63, 3.8) is 0 Å². The second-order valence-electron chi connectivity index (χ2n) is 27.2. The second-order valence-corrected chi connectivity index (χ2v) is 27.2. The van der Waals surface area contributed by atoms with Gasteiger partial charge in [0, 0.05) is 43.3 Å². The Balaban J connectivity index is 1.27. The van der Waals surface area contributed by atoms with Crippen LogP contribution < -0.4 is 26.2 Å². The molecule has 0 atom stereocenters. The van der Waals surface area contributed by atoms with Crippen LogP contribution in [0.15, 0.2) is 95.4 Å². The van der Waals surface area contributed by atoms with Crippen molar-refractivity contribution >= 4 is 79.2 Å². The molecule has 69 heavy (non-hydrogen) atoms. The van der Waals surface area contributed by atoms with Crippen molar-refractivity contribution in [2.45, 2.75) is 187 Å².